The van der Waals surface area contributed by atoms with Crippen molar-refractivity contribution in [2.75, 3.05) is 13.2 Å². The maximum absolute atomic E-state index is 12.0. The first-order valence-corrected chi connectivity index (χ1v) is 6.72. The Morgan fingerprint density at radius 1 is 1.44 bits per heavy atom. The highest BCUT2D eigenvalue weighted by molar-refractivity contribution is 5.92. The van der Waals surface area contributed by atoms with Crippen molar-refractivity contribution in [1.29, 1.82) is 0 Å². The molecular formula is C14H22N2O2. The molecule has 4 heteroatoms. The number of hydrogen-bond donors (Lipinski definition) is 2. The third kappa shape index (κ3) is 2.93. The molecule has 0 bridgehead atoms. The molecule has 1 fully saturated rings. The molecule has 2 atom stereocenters. The van der Waals surface area contributed by atoms with Crippen LogP contribution in [0.25, 0.3) is 0 Å². The van der Waals surface area contributed by atoms with Gasteiger partial charge >= 0.3 is 0 Å². The predicted octanol–water partition coefficient (Wildman–Crippen LogP) is 1.55. The summed E-state index contributed by atoms with van der Waals surface area (Å²) in [6.07, 6.45) is 6.47. The first kappa shape index (κ1) is 13.1. The second kappa shape index (κ2) is 6.05. The van der Waals surface area contributed by atoms with E-state index < -0.39 is 0 Å². The van der Waals surface area contributed by atoms with Gasteiger partial charge in [-0.05, 0) is 36.8 Å². The molecule has 0 radical (unpaired) electrons. The molecule has 1 aliphatic carbocycles. The Labute approximate surface area is 108 Å². The lowest BCUT2D eigenvalue weighted by Crippen LogP contribution is -2.36. The summed E-state index contributed by atoms with van der Waals surface area (Å²) in [4.78, 5) is 12.0. The van der Waals surface area contributed by atoms with Crippen molar-refractivity contribution in [2.24, 2.45) is 18.9 Å². The molecule has 100 valence electrons. The second-order valence-electron chi connectivity index (χ2n) is 5.20. The van der Waals surface area contributed by atoms with Gasteiger partial charge in [-0.15, -0.1) is 0 Å². The molecule has 0 aliphatic heterocycles. The average molecular weight is 250 g/mol. The van der Waals surface area contributed by atoms with E-state index in [-0.39, 0.29) is 12.5 Å². The molecule has 1 aliphatic rings. The predicted molar refractivity (Wildman–Crippen MR) is 70.3 cm³/mol. The fraction of sp³-hybridized carbons (Fsp3) is 0.643. The Kier molecular flexibility index (Phi) is 4.42. The highest BCUT2D eigenvalue weighted by Crippen LogP contribution is 2.29. The van der Waals surface area contributed by atoms with Crippen molar-refractivity contribution in [3.8, 4) is 0 Å². The minimum atomic E-state index is -0.0234. The number of rotatable bonds is 4. The van der Waals surface area contributed by atoms with Gasteiger partial charge in [0.15, 0.2) is 0 Å². The van der Waals surface area contributed by atoms with Crippen LogP contribution >= 0.6 is 0 Å². The van der Waals surface area contributed by atoms with Crippen LogP contribution in [-0.2, 0) is 7.05 Å². The van der Waals surface area contributed by atoms with Crippen LogP contribution in [0.3, 0.4) is 0 Å². The van der Waals surface area contributed by atoms with Crippen molar-refractivity contribution < 1.29 is 9.90 Å². The number of aliphatic hydroxyl groups excluding tert-OH is 1. The van der Waals surface area contributed by atoms with Gasteiger partial charge in [0.05, 0.1) is 0 Å². The third-order valence-corrected chi connectivity index (χ3v) is 4.00. The number of nitrogens with zero attached hydrogens (tertiary/aromatic N) is 1. The Balaban J connectivity index is 1.87. The van der Waals surface area contributed by atoms with E-state index in [1.807, 2.05) is 29.9 Å². The van der Waals surface area contributed by atoms with Crippen LogP contribution in [-0.4, -0.2) is 28.7 Å². The van der Waals surface area contributed by atoms with Gasteiger partial charge in [-0.25, -0.2) is 0 Å². The lowest BCUT2D eigenvalue weighted by molar-refractivity contribution is 0.0901. The smallest absolute Gasteiger partial charge is 0.267 e. The van der Waals surface area contributed by atoms with Crippen LogP contribution in [0.4, 0.5) is 0 Å². The summed E-state index contributed by atoms with van der Waals surface area (Å²) in [6, 6.07) is 3.69. The number of hydrogen-bond acceptors (Lipinski definition) is 2. The Bertz CT molecular complexity index is 400. The van der Waals surface area contributed by atoms with Crippen molar-refractivity contribution >= 4 is 5.91 Å². The van der Waals surface area contributed by atoms with Crippen LogP contribution in [0.1, 0.15) is 36.2 Å². The van der Waals surface area contributed by atoms with E-state index in [4.69, 9.17) is 0 Å². The van der Waals surface area contributed by atoms with E-state index in [0.717, 1.165) is 12.8 Å². The maximum atomic E-state index is 12.0. The summed E-state index contributed by atoms with van der Waals surface area (Å²) in [6.45, 7) is 0.917. The lowest BCUT2D eigenvalue weighted by atomic mass is 9.79. The molecule has 2 rings (SSSR count). The lowest BCUT2D eigenvalue weighted by Gasteiger charge is -2.30. The molecule has 0 aromatic carbocycles. The Hall–Kier alpha value is -1.29. The SMILES string of the molecule is Cn1cccc1C(=O)NCC1CCCCC1CO. The fourth-order valence-electron chi connectivity index (χ4n) is 2.80. The number of aryl methyl sites for hydroxylation is 1. The van der Waals surface area contributed by atoms with E-state index in [2.05, 4.69) is 5.32 Å². The summed E-state index contributed by atoms with van der Waals surface area (Å²) in [5.74, 6) is 0.755. The number of carbonyl (C=O) groups is 1. The first-order valence-electron chi connectivity index (χ1n) is 6.72. The fourth-order valence-corrected chi connectivity index (χ4v) is 2.80. The molecule has 1 aromatic heterocycles. The summed E-state index contributed by atoms with van der Waals surface area (Å²) in [5.41, 5.74) is 0.686. The van der Waals surface area contributed by atoms with E-state index in [0.29, 0.717) is 24.1 Å². The second-order valence-corrected chi connectivity index (χ2v) is 5.20. The normalized spacial score (nSPS) is 23.9. The van der Waals surface area contributed by atoms with Gasteiger partial charge in [0.25, 0.3) is 5.91 Å². The Morgan fingerprint density at radius 2 is 2.17 bits per heavy atom. The van der Waals surface area contributed by atoms with Gasteiger partial charge in [-0.1, -0.05) is 12.8 Å². The van der Waals surface area contributed by atoms with Gasteiger partial charge in [-0.2, -0.15) is 0 Å². The first-order chi connectivity index (χ1) is 8.72. The van der Waals surface area contributed by atoms with Gasteiger partial charge in [-0.3, -0.25) is 4.79 Å². The van der Waals surface area contributed by atoms with Gasteiger partial charge in [0.1, 0.15) is 5.69 Å². The van der Waals surface area contributed by atoms with Gasteiger partial charge < -0.3 is 15.0 Å². The minimum absolute atomic E-state index is 0.0234. The molecule has 1 heterocycles. The van der Waals surface area contributed by atoms with Crippen LogP contribution in [0.15, 0.2) is 18.3 Å². The minimum Gasteiger partial charge on any atom is -0.396 e. The van der Waals surface area contributed by atoms with Gasteiger partial charge in [0.2, 0.25) is 0 Å². The summed E-state index contributed by atoms with van der Waals surface area (Å²) >= 11 is 0. The molecule has 2 unspecified atom stereocenters. The number of carbonyl (C=O) groups excluding carboxylic acids is 1. The largest absolute Gasteiger partial charge is 0.396 e. The van der Waals surface area contributed by atoms with E-state index >= 15 is 0 Å². The van der Waals surface area contributed by atoms with Crippen molar-refractivity contribution in [3.05, 3.63) is 24.0 Å². The molecule has 1 amide bonds. The zero-order valence-corrected chi connectivity index (χ0v) is 10.9. The molecular weight excluding hydrogens is 228 g/mol. The molecule has 1 saturated carbocycles. The number of nitrogens with one attached hydrogen (secondary N) is 1. The zero-order chi connectivity index (χ0) is 13.0. The molecule has 18 heavy (non-hydrogen) atoms. The molecule has 4 nitrogen and oxygen atoms in total. The number of aliphatic hydroxyl groups is 1. The van der Waals surface area contributed by atoms with Crippen LogP contribution < -0.4 is 5.32 Å². The number of amides is 1. The monoisotopic (exact) mass is 250 g/mol. The van der Waals surface area contributed by atoms with E-state index in [1.54, 1.807) is 0 Å². The number of aromatic nitrogens is 1. The maximum Gasteiger partial charge on any atom is 0.267 e. The molecule has 1 aromatic rings. The molecule has 0 saturated heterocycles. The summed E-state index contributed by atoms with van der Waals surface area (Å²) in [5, 5.41) is 12.3. The highest BCUT2D eigenvalue weighted by atomic mass is 16.3. The van der Waals surface area contributed by atoms with Crippen molar-refractivity contribution in [2.45, 2.75) is 25.7 Å². The van der Waals surface area contributed by atoms with Crippen LogP contribution in [0.2, 0.25) is 0 Å². The summed E-state index contributed by atoms with van der Waals surface area (Å²) in [7, 11) is 1.87. The van der Waals surface area contributed by atoms with E-state index in [9.17, 15) is 9.90 Å². The van der Waals surface area contributed by atoms with Gasteiger partial charge in [0, 0.05) is 26.4 Å². The topological polar surface area (TPSA) is 54.3 Å². The quantitative estimate of drug-likeness (QED) is 0.852. The molecule has 2 N–H and O–H groups in total. The van der Waals surface area contributed by atoms with Crippen molar-refractivity contribution in [3.63, 3.8) is 0 Å². The van der Waals surface area contributed by atoms with Crippen LogP contribution in [0, 0.1) is 11.8 Å². The average Bonchev–Trinajstić information content (AvgIpc) is 2.82. The molecule has 0 spiro atoms. The third-order valence-electron chi connectivity index (χ3n) is 4.00. The van der Waals surface area contributed by atoms with E-state index in [1.165, 1.54) is 12.8 Å². The van der Waals surface area contributed by atoms with Crippen LogP contribution in [0.5, 0.6) is 0 Å². The van der Waals surface area contributed by atoms with Crippen molar-refractivity contribution in [1.82, 2.24) is 9.88 Å². The Morgan fingerprint density at radius 3 is 2.78 bits per heavy atom. The summed E-state index contributed by atoms with van der Waals surface area (Å²) < 4.78 is 1.82. The zero-order valence-electron chi connectivity index (χ0n) is 10.9. The highest BCUT2D eigenvalue weighted by Gasteiger charge is 2.24. The standard InChI is InChI=1S/C14H22N2O2/c1-16-8-4-7-13(16)14(18)15-9-11-5-2-3-6-12(11)10-17/h4,7-8,11-12,17H,2-3,5-6,9-10H2,1H3,(H,15,18).